The van der Waals surface area contributed by atoms with Gasteiger partial charge < -0.3 is 5.11 Å². The number of imide groups is 2. The summed E-state index contributed by atoms with van der Waals surface area (Å²) in [6.45, 7) is 0. The molecule has 0 bridgehead atoms. The van der Waals surface area contributed by atoms with Crippen LogP contribution in [0.1, 0.15) is 24.3 Å². The molecule has 2 heterocycles. The van der Waals surface area contributed by atoms with E-state index in [0.717, 1.165) is 17.0 Å². The summed E-state index contributed by atoms with van der Waals surface area (Å²) in [7, 11) is 0. The number of aromatic hydroxyl groups is 1. The highest BCUT2D eigenvalue weighted by molar-refractivity contribution is 6.58. The Bertz CT molecular complexity index is 1700. The van der Waals surface area contributed by atoms with E-state index in [2.05, 4.69) is 0 Å². The second-order valence-corrected chi connectivity index (χ2v) is 12.4. The lowest BCUT2D eigenvalue weighted by molar-refractivity contribution is -0.125. The molecule has 1 N–H and O–H groups in total. The smallest absolute Gasteiger partial charge is 0.258 e. The molecule has 7 rings (SSSR count). The van der Waals surface area contributed by atoms with Crippen molar-refractivity contribution in [3.05, 3.63) is 102 Å². The van der Waals surface area contributed by atoms with Crippen molar-refractivity contribution in [3.63, 3.8) is 0 Å². The second kappa shape index (κ2) is 9.24. The maximum absolute atomic E-state index is 14.3. The minimum absolute atomic E-state index is 0.0126. The number of allylic oxidation sites excluding steroid dienone is 2. The molecule has 3 aromatic carbocycles. The molecule has 6 atom stereocenters. The van der Waals surface area contributed by atoms with Gasteiger partial charge in [-0.15, -0.1) is 23.2 Å². The van der Waals surface area contributed by atoms with E-state index in [1.807, 2.05) is 6.08 Å². The Balaban J connectivity index is 1.39. The molecule has 0 radical (unpaired) electrons. The molecule has 42 heavy (non-hydrogen) atoms. The van der Waals surface area contributed by atoms with Gasteiger partial charge in [-0.2, -0.15) is 0 Å². The first kappa shape index (κ1) is 26.9. The Kier molecular flexibility index (Phi) is 5.91. The van der Waals surface area contributed by atoms with Gasteiger partial charge in [0.1, 0.15) is 11.6 Å². The molecule has 3 fully saturated rings. The Morgan fingerprint density at radius 2 is 1.40 bits per heavy atom. The molecule has 7 nitrogen and oxygen atoms in total. The Morgan fingerprint density at radius 1 is 0.762 bits per heavy atom. The summed E-state index contributed by atoms with van der Waals surface area (Å²) in [6, 6.07) is 19.6. The van der Waals surface area contributed by atoms with E-state index in [-0.39, 0.29) is 30.2 Å². The van der Waals surface area contributed by atoms with Gasteiger partial charge in [0.2, 0.25) is 11.8 Å². The molecule has 2 aliphatic carbocycles. The highest BCUT2D eigenvalue weighted by Gasteiger charge is 2.76. The number of para-hydroxylation sites is 1. The highest BCUT2D eigenvalue weighted by Crippen LogP contribution is 2.65. The van der Waals surface area contributed by atoms with E-state index >= 15 is 0 Å². The molecular formula is C32H23Cl2FN2O5. The summed E-state index contributed by atoms with van der Waals surface area (Å²) in [4.78, 5) is 54.1. The van der Waals surface area contributed by atoms with Gasteiger partial charge in [0.15, 0.2) is 9.75 Å². The first-order chi connectivity index (χ1) is 20.1. The Hall–Kier alpha value is -4.01. The molecule has 0 aromatic heterocycles. The third kappa shape index (κ3) is 3.45. The average molecular weight is 605 g/mol. The van der Waals surface area contributed by atoms with Crippen molar-refractivity contribution in [2.24, 2.45) is 17.8 Å². The molecule has 10 heteroatoms. The monoisotopic (exact) mass is 604 g/mol. The number of carbonyl (C=O) groups excluding carboxylic acids is 4. The van der Waals surface area contributed by atoms with Crippen LogP contribution in [0.25, 0.3) is 0 Å². The highest BCUT2D eigenvalue weighted by atomic mass is 35.5. The van der Waals surface area contributed by atoms with Gasteiger partial charge in [0, 0.05) is 5.92 Å². The van der Waals surface area contributed by atoms with Crippen molar-refractivity contribution in [1.82, 2.24) is 0 Å². The van der Waals surface area contributed by atoms with E-state index in [4.69, 9.17) is 23.2 Å². The van der Waals surface area contributed by atoms with Crippen LogP contribution in [0.2, 0.25) is 0 Å². The molecule has 2 aliphatic heterocycles. The van der Waals surface area contributed by atoms with Crippen LogP contribution >= 0.6 is 23.2 Å². The maximum atomic E-state index is 14.3. The van der Waals surface area contributed by atoms with Crippen molar-refractivity contribution in [3.8, 4) is 5.75 Å². The van der Waals surface area contributed by atoms with Crippen LogP contribution in [0.5, 0.6) is 5.75 Å². The Labute approximate surface area is 250 Å². The number of hydrogen-bond acceptors (Lipinski definition) is 5. The molecule has 3 aromatic rings. The lowest BCUT2D eigenvalue weighted by atomic mass is 9.56. The number of alkyl halides is 2. The van der Waals surface area contributed by atoms with E-state index in [1.165, 1.54) is 29.2 Å². The van der Waals surface area contributed by atoms with E-state index in [9.17, 15) is 28.7 Å². The molecule has 212 valence electrons. The van der Waals surface area contributed by atoms with Crippen LogP contribution in [-0.2, 0) is 19.2 Å². The summed E-state index contributed by atoms with van der Waals surface area (Å²) in [5.74, 6) is -5.98. The summed E-state index contributed by atoms with van der Waals surface area (Å²) >= 11 is 14.6. The van der Waals surface area contributed by atoms with E-state index < -0.39 is 57.0 Å². The van der Waals surface area contributed by atoms with Crippen LogP contribution in [0.3, 0.4) is 0 Å². The number of amides is 4. The van der Waals surface area contributed by atoms with Gasteiger partial charge in [-0.1, -0.05) is 42.0 Å². The molecule has 6 unspecified atom stereocenters. The average Bonchev–Trinajstić information content (AvgIpc) is 3.32. The quantitative estimate of drug-likeness (QED) is 0.249. The van der Waals surface area contributed by atoms with Gasteiger partial charge in [0.25, 0.3) is 11.8 Å². The third-order valence-electron chi connectivity index (χ3n) is 9.14. The van der Waals surface area contributed by atoms with Gasteiger partial charge >= 0.3 is 0 Å². The van der Waals surface area contributed by atoms with Crippen molar-refractivity contribution >= 4 is 58.2 Å². The minimum atomic E-state index is -2.02. The fraction of sp³-hybridized carbons (Fsp3) is 0.250. The number of carbonyl (C=O) groups is 4. The third-order valence-corrected chi connectivity index (χ3v) is 10.6. The maximum Gasteiger partial charge on any atom is 0.258 e. The number of rotatable bonds is 3. The number of nitrogens with zero attached hydrogens (tertiary/aromatic N) is 2. The number of benzene rings is 3. The molecule has 4 aliphatic rings. The molecule has 0 spiro atoms. The van der Waals surface area contributed by atoms with E-state index in [1.54, 1.807) is 42.5 Å². The van der Waals surface area contributed by atoms with Crippen LogP contribution < -0.4 is 9.80 Å². The van der Waals surface area contributed by atoms with Crippen LogP contribution in [0.4, 0.5) is 15.8 Å². The molecule has 4 amide bonds. The van der Waals surface area contributed by atoms with Crippen molar-refractivity contribution in [1.29, 1.82) is 0 Å². The number of hydrogen-bond donors (Lipinski definition) is 1. The number of phenols is 1. The first-order valence-corrected chi connectivity index (χ1v) is 14.3. The second-order valence-electron chi connectivity index (χ2n) is 11.2. The Morgan fingerprint density at radius 3 is 2.07 bits per heavy atom. The summed E-state index contributed by atoms with van der Waals surface area (Å²) in [5.41, 5.74) is 1.73. The zero-order valence-electron chi connectivity index (χ0n) is 21.9. The first-order valence-electron chi connectivity index (χ1n) is 13.5. The molecule has 2 saturated heterocycles. The van der Waals surface area contributed by atoms with Crippen molar-refractivity contribution < 1.29 is 28.7 Å². The summed E-state index contributed by atoms with van der Waals surface area (Å²) in [5, 5.41) is 10.0. The van der Waals surface area contributed by atoms with Gasteiger partial charge in [-0.25, -0.2) is 9.29 Å². The predicted octanol–water partition coefficient (Wildman–Crippen LogP) is 5.30. The lowest BCUT2D eigenvalue weighted by Crippen LogP contribution is -2.60. The number of anilines is 2. The van der Waals surface area contributed by atoms with Crippen LogP contribution in [0.15, 0.2) is 90.5 Å². The largest absolute Gasteiger partial charge is 0.508 e. The minimum Gasteiger partial charge on any atom is -0.508 e. The van der Waals surface area contributed by atoms with Gasteiger partial charge in [-0.05, 0) is 72.9 Å². The molecule has 1 saturated carbocycles. The summed E-state index contributed by atoms with van der Waals surface area (Å²) in [6.07, 6.45) is 1.93. The normalized spacial score (nSPS) is 32.0. The van der Waals surface area contributed by atoms with Crippen molar-refractivity contribution in [2.75, 3.05) is 9.80 Å². The lowest BCUT2D eigenvalue weighted by Gasteiger charge is -2.50. The SMILES string of the molecule is O=C1C2CC=C3C(CC4(Cl)C(=O)N(c5ccc(F)cc5)C(=O)C4(Cl)C3c3ccc(O)cc3)C2C(=O)N1c1ccccc1. The van der Waals surface area contributed by atoms with Gasteiger partial charge in [-0.3, -0.25) is 24.1 Å². The van der Waals surface area contributed by atoms with E-state index in [0.29, 0.717) is 16.8 Å². The standard InChI is InChI=1S/C32H23Cl2FN2O5/c33-31-16-24-22(14-15-23-25(24)28(40)36(27(23)39)19-4-2-1-3-5-19)26(17-6-12-21(38)13-7-17)32(31,34)30(42)37(29(31)41)20-10-8-18(35)9-11-20/h1-14,23-26,38H,15-16H2. The van der Waals surface area contributed by atoms with Crippen LogP contribution in [-0.4, -0.2) is 38.5 Å². The van der Waals surface area contributed by atoms with Crippen molar-refractivity contribution in [2.45, 2.75) is 28.5 Å². The predicted molar refractivity (Wildman–Crippen MR) is 154 cm³/mol. The number of halogens is 3. The summed E-state index contributed by atoms with van der Waals surface area (Å²) < 4.78 is 13.7. The number of fused-ring (bicyclic) bond motifs is 4. The topological polar surface area (TPSA) is 95.0 Å². The van der Waals surface area contributed by atoms with Gasteiger partial charge in [0.05, 0.1) is 23.2 Å². The van der Waals surface area contributed by atoms with Crippen LogP contribution in [0, 0.1) is 23.6 Å². The number of phenolic OH excluding ortho intramolecular Hbond substituents is 1. The molecular weight excluding hydrogens is 582 g/mol. The zero-order valence-corrected chi connectivity index (χ0v) is 23.4. The fourth-order valence-electron chi connectivity index (χ4n) is 7.27. The fourth-order valence-corrected chi connectivity index (χ4v) is 8.21. The zero-order chi connectivity index (χ0) is 29.6.